The van der Waals surface area contributed by atoms with Crippen molar-refractivity contribution in [1.29, 1.82) is 5.26 Å². The van der Waals surface area contributed by atoms with Gasteiger partial charge >= 0.3 is 0 Å². The first-order valence-corrected chi connectivity index (χ1v) is 7.42. The highest BCUT2D eigenvalue weighted by Gasteiger charge is 2.33. The second kappa shape index (κ2) is 5.98. The Morgan fingerprint density at radius 3 is 2.55 bits per heavy atom. The molecule has 6 heteroatoms. The molecule has 0 aliphatic heterocycles. The first-order valence-electron chi connectivity index (χ1n) is 7.42. The normalized spacial score (nSPS) is 16.7. The van der Waals surface area contributed by atoms with Crippen LogP contribution in [-0.2, 0) is 0 Å². The molecule has 0 unspecified atom stereocenters. The molecule has 1 amide bonds. The lowest BCUT2D eigenvalue weighted by Crippen LogP contribution is -2.48. The molecule has 3 rings (SSSR count). The number of H-pyrrole nitrogens is 1. The second-order valence-electron chi connectivity index (χ2n) is 5.62. The lowest BCUT2D eigenvalue weighted by molar-refractivity contribution is 0.0902. The number of hydrogen-bond acceptors (Lipinski definition) is 4. The van der Waals surface area contributed by atoms with Crippen molar-refractivity contribution in [3.05, 3.63) is 36.2 Å². The van der Waals surface area contributed by atoms with Crippen LogP contribution >= 0.6 is 0 Å². The maximum absolute atomic E-state index is 12.4. The smallest absolute Gasteiger partial charge is 0.252 e. The summed E-state index contributed by atoms with van der Waals surface area (Å²) in [6.45, 7) is 0. The number of aromatic amines is 1. The van der Waals surface area contributed by atoms with E-state index in [1.54, 1.807) is 12.1 Å². The Morgan fingerprint density at radius 1 is 1.23 bits per heavy atom. The summed E-state index contributed by atoms with van der Waals surface area (Å²) in [5, 5.41) is 18.9. The molecule has 2 aromatic rings. The molecule has 1 saturated carbocycles. The van der Waals surface area contributed by atoms with Gasteiger partial charge in [-0.15, -0.1) is 0 Å². The van der Waals surface area contributed by atoms with E-state index < -0.39 is 5.54 Å². The number of nitriles is 1. The summed E-state index contributed by atoms with van der Waals surface area (Å²) in [6.07, 6.45) is 5.99. The van der Waals surface area contributed by atoms with E-state index in [-0.39, 0.29) is 5.91 Å². The molecular formula is C16H17N5O. The van der Waals surface area contributed by atoms with E-state index in [4.69, 9.17) is 0 Å². The summed E-state index contributed by atoms with van der Waals surface area (Å²) in [5.74, 6) is 0.459. The van der Waals surface area contributed by atoms with E-state index in [9.17, 15) is 10.1 Å². The quantitative estimate of drug-likeness (QED) is 0.909. The zero-order valence-electron chi connectivity index (χ0n) is 12.2. The summed E-state index contributed by atoms with van der Waals surface area (Å²) in [6, 6.07) is 9.40. The van der Waals surface area contributed by atoms with Crippen LogP contribution in [0.5, 0.6) is 0 Å². The number of amides is 1. The first kappa shape index (κ1) is 14.3. The summed E-state index contributed by atoms with van der Waals surface area (Å²) in [7, 11) is 0. The average Bonchev–Trinajstić information content (AvgIpc) is 3.10. The van der Waals surface area contributed by atoms with Gasteiger partial charge in [-0.1, -0.05) is 31.4 Å². The van der Waals surface area contributed by atoms with Crippen LogP contribution < -0.4 is 5.32 Å². The second-order valence-corrected chi connectivity index (χ2v) is 5.62. The number of benzene rings is 1. The van der Waals surface area contributed by atoms with Gasteiger partial charge in [-0.3, -0.25) is 9.89 Å². The number of nitrogens with one attached hydrogen (secondary N) is 2. The first-order chi connectivity index (χ1) is 10.7. The van der Waals surface area contributed by atoms with E-state index in [0.29, 0.717) is 11.4 Å². The van der Waals surface area contributed by atoms with E-state index in [1.807, 2.05) is 12.1 Å². The number of nitrogens with zero attached hydrogens (tertiary/aromatic N) is 3. The lowest BCUT2D eigenvalue weighted by atomic mass is 9.82. The van der Waals surface area contributed by atoms with Crippen molar-refractivity contribution in [3.8, 4) is 17.5 Å². The predicted molar refractivity (Wildman–Crippen MR) is 80.7 cm³/mol. The fourth-order valence-corrected chi connectivity index (χ4v) is 2.83. The van der Waals surface area contributed by atoms with Gasteiger partial charge in [0, 0.05) is 11.1 Å². The number of carbonyl (C=O) groups is 1. The number of rotatable bonds is 3. The SMILES string of the molecule is N#CC1(NC(=O)c2ccc(-c3ncn[nH]3)cc2)CCCCC1. The van der Waals surface area contributed by atoms with Crippen molar-refractivity contribution in [1.82, 2.24) is 20.5 Å². The van der Waals surface area contributed by atoms with Crippen molar-refractivity contribution in [3.63, 3.8) is 0 Å². The molecule has 1 aliphatic carbocycles. The standard InChI is InChI=1S/C16H17N5O/c17-10-16(8-2-1-3-9-16)20-15(22)13-6-4-12(5-7-13)14-18-11-19-21-14/h4-7,11H,1-3,8-9H2,(H,20,22)(H,18,19,21). The fourth-order valence-electron chi connectivity index (χ4n) is 2.83. The molecule has 1 aromatic heterocycles. The van der Waals surface area contributed by atoms with Crippen molar-refractivity contribution in [2.45, 2.75) is 37.6 Å². The molecule has 112 valence electrons. The Balaban J connectivity index is 1.74. The van der Waals surface area contributed by atoms with Gasteiger partial charge in [0.05, 0.1) is 6.07 Å². The zero-order valence-corrected chi connectivity index (χ0v) is 12.2. The van der Waals surface area contributed by atoms with Crippen LogP contribution in [-0.4, -0.2) is 26.6 Å². The van der Waals surface area contributed by atoms with Gasteiger partial charge in [0.15, 0.2) is 5.82 Å². The molecule has 1 aromatic carbocycles. The summed E-state index contributed by atoms with van der Waals surface area (Å²) in [4.78, 5) is 16.4. The Morgan fingerprint density at radius 2 is 1.95 bits per heavy atom. The maximum atomic E-state index is 12.4. The van der Waals surface area contributed by atoms with E-state index in [0.717, 1.165) is 37.7 Å². The Labute approximate surface area is 128 Å². The third-order valence-electron chi connectivity index (χ3n) is 4.11. The van der Waals surface area contributed by atoms with Crippen LogP contribution in [0.4, 0.5) is 0 Å². The minimum Gasteiger partial charge on any atom is -0.334 e. The molecule has 22 heavy (non-hydrogen) atoms. The van der Waals surface area contributed by atoms with Crippen LogP contribution in [0.15, 0.2) is 30.6 Å². The Bertz CT molecular complexity index is 678. The van der Waals surface area contributed by atoms with Gasteiger partial charge in [-0.25, -0.2) is 4.98 Å². The van der Waals surface area contributed by atoms with Gasteiger partial charge in [-0.05, 0) is 25.0 Å². The fraction of sp³-hybridized carbons (Fsp3) is 0.375. The van der Waals surface area contributed by atoms with Gasteiger partial charge < -0.3 is 5.32 Å². The highest BCUT2D eigenvalue weighted by atomic mass is 16.1. The molecule has 1 heterocycles. The van der Waals surface area contributed by atoms with E-state index in [1.165, 1.54) is 6.33 Å². The highest BCUT2D eigenvalue weighted by Crippen LogP contribution is 2.28. The van der Waals surface area contributed by atoms with Crippen LogP contribution in [0.1, 0.15) is 42.5 Å². The van der Waals surface area contributed by atoms with Gasteiger partial charge in [-0.2, -0.15) is 10.4 Å². The number of carbonyl (C=O) groups excluding carboxylic acids is 1. The molecule has 0 spiro atoms. The Kier molecular flexibility index (Phi) is 3.88. The molecule has 2 N–H and O–H groups in total. The maximum Gasteiger partial charge on any atom is 0.252 e. The summed E-state index contributed by atoms with van der Waals surface area (Å²) >= 11 is 0. The van der Waals surface area contributed by atoms with Crippen LogP contribution in [0.2, 0.25) is 0 Å². The minimum atomic E-state index is -0.709. The Hall–Kier alpha value is -2.68. The van der Waals surface area contributed by atoms with Crippen LogP contribution in [0.3, 0.4) is 0 Å². The molecule has 1 aliphatic rings. The molecule has 0 atom stereocenters. The van der Waals surface area contributed by atoms with Gasteiger partial charge in [0.25, 0.3) is 5.91 Å². The molecule has 6 nitrogen and oxygen atoms in total. The molecule has 0 saturated heterocycles. The zero-order chi connectivity index (χ0) is 15.4. The largest absolute Gasteiger partial charge is 0.334 e. The van der Waals surface area contributed by atoms with E-state index >= 15 is 0 Å². The molecular weight excluding hydrogens is 278 g/mol. The number of aromatic nitrogens is 3. The lowest BCUT2D eigenvalue weighted by Gasteiger charge is -2.31. The molecule has 0 bridgehead atoms. The third-order valence-corrected chi connectivity index (χ3v) is 4.11. The number of hydrogen-bond donors (Lipinski definition) is 2. The van der Waals surface area contributed by atoms with Crippen LogP contribution in [0, 0.1) is 11.3 Å². The molecule has 0 radical (unpaired) electrons. The predicted octanol–water partition coefficient (Wildman–Crippen LogP) is 2.43. The van der Waals surface area contributed by atoms with Crippen molar-refractivity contribution < 1.29 is 4.79 Å². The minimum absolute atomic E-state index is 0.201. The van der Waals surface area contributed by atoms with Crippen LogP contribution in [0.25, 0.3) is 11.4 Å². The average molecular weight is 295 g/mol. The highest BCUT2D eigenvalue weighted by molar-refractivity contribution is 5.95. The van der Waals surface area contributed by atoms with Gasteiger partial charge in [0.1, 0.15) is 11.9 Å². The summed E-state index contributed by atoms with van der Waals surface area (Å²) < 4.78 is 0. The third kappa shape index (κ3) is 2.84. The topological polar surface area (TPSA) is 94.5 Å². The van der Waals surface area contributed by atoms with Crippen molar-refractivity contribution >= 4 is 5.91 Å². The monoisotopic (exact) mass is 295 g/mol. The van der Waals surface area contributed by atoms with E-state index in [2.05, 4.69) is 26.6 Å². The van der Waals surface area contributed by atoms with Gasteiger partial charge in [0.2, 0.25) is 0 Å². The van der Waals surface area contributed by atoms with Crippen molar-refractivity contribution in [2.75, 3.05) is 0 Å². The van der Waals surface area contributed by atoms with Crippen molar-refractivity contribution in [2.24, 2.45) is 0 Å². The summed E-state index contributed by atoms with van der Waals surface area (Å²) in [5.41, 5.74) is 0.698. The molecule has 1 fully saturated rings.